The number of benzene rings is 1. The van der Waals surface area contributed by atoms with Crippen molar-refractivity contribution in [3.63, 3.8) is 0 Å². The number of ether oxygens (including phenoxy) is 2. The van der Waals surface area contributed by atoms with E-state index >= 15 is 0 Å². The number of methoxy groups -OCH3 is 2. The SMILES string of the molecule is COc1ccc(/C=C/C(=O)N2CCN(c3ccc(-n4cccn4)nn3)CC2)cc1OC. The zero-order valence-electron chi connectivity index (χ0n) is 17.5. The highest BCUT2D eigenvalue weighted by Gasteiger charge is 2.21. The van der Waals surface area contributed by atoms with E-state index in [1.54, 1.807) is 37.3 Å². The summed E-state index contributed by atoms with van der Waals surface area (Å²) in [7, 11) is 3.18. The van der Waals surface area contributed by atoms with Gasteiger partial charge in [-0.3, -0.25) is 4.79 Å². The van der Waals surface area contributed by atoms with Crippen LogP contribution in [-0.2, 0) is 4.79 Å². The molecule has 0 aliphatic carbocycles. The molecule has 1 saturated heterocycles. The number of nitrogens with zero attached hydrogens (tertiary/aromatic N) is 6. The first-order chi connectivity index (χ1) is 15.2. The van der Waals surface area contributed by atoms with E-state index in [1.165, 1.54) is 0 Å². The van der Waals surface area contributed by atoms with Crippen LogP contribution in [0.15, 0.2) is 54.9 Å². The van der Waals surface area contributed by atoms with Gasteiger partial charge in [-0.05, 0) is 42.0 Å². The Morgan fingerprint density at radius 3 is 2.35 bits per heavy atom. The molecule has 31 heavy (non-hydrogen) atoms. The Hall–Kier alpha value is -3.88. The molecule has 0 spiro atoms. The molecule has 1 fully saturated rings. The molecule has 1 aliphatic heterocycles. The molecule has 0 atom stereocenters. The molecule has 1 aliphatic rings. The summed E-state index contributed by atoms with van der Waals surface area (Å²) in [4.78, 5) is 16.6. The summed E-state index contributed by atoms with van der Waals surface area (Å²) in [5.74, 6) is 2.73. The number of carbonyl (C=O) groups excluding carboxylic acids is 1. The molecule has 3 aromatic rings. The van der Waals surface area contributed by atoms with Gasteiger partial charge in [0.15, 0.2) is 23.1 Å². The van der Waals surface area contributed by atoms with Gasteiger partial charge < -0.3 is 19.3 Å². The van der Waals surface area contributed by atoms with Crippen molar-refractivity contribution in [1.29, 1.82) is 0 Å². The molecule has 2 aromatic heterocycles. The number of amides is 1. The molecule has 0 bridgehead atoms. The maximum atomic E-state index is 12.6. The zero-order valence-corrected chi connectivity index (χ0v) is 17.5. The fourth-order valence-corrected chi connectivity index (χ4v) is 3.40. The Labute approximate surface area is 180 Å². The topological polar surface area (TPSA) is 85.6 Å². The lowest BCUT2D eigenvalue weighted by Gasteiger charge is -2.34. The first-order valence-electron chi connectivity index (χ1n) is 9.95. The standard InChI is InChI=1S/C22H24N6O3/c1-30-18-6-4-17(16-19(18)31-2)5-9-22(29)27-14-12-26(13-15-27)20-7-8-21(25-24-20)28-11-3-10-23-28/h3-11,16H,12-15H2,1-2H3/b9-5+. The smallest absolute Gasteiger partial charge is 0.246 e. The first kappa shape index (κ1) is 20.4. The minimum absolute atomic E-state index is 0.0189. The second-order valence-electron chi connectivity index (χ2n) is 6.96. The molecule has 1 amide bonds. The van der Waals surface area contributed by atoms with Crippen molar-refractivity contribution in [2.75, 3.05) is 45.3 Å². The quantitative estimate of drug-likeness (QED) is 0.564. The second kappa shape index (κ2) is 9.29. The molecular weight excluding hydrogens is 396 g/mol. The number of piperazine rings is 1. The average Bonchev–Trinajstić information content (AvgIpc) is 3.37. The highest BCUT2D eigenvalue weighted by Crippen LogP contribution is 2.28. The van der Waals surface area contributed by atoms with Gasteiger partial charge in [0.05, 0.1) is 14.2 Å². The number of rotatable bonds is 6. The van der Waals surface area contributed by atoms with Gasteiger partial charge in [-0.1, -0.05) is 6.07 Å². The van der Waals surface area contributed by atoms with Crippen LogP contribution in [0.3, 0.4) is 0 Å². The maximum absolute atomic E-state index is 12.6. The minimum Gasteiger partial charge on any atom is -0.493 e. The number of anilines is 1. The van der Waals surface area contributed by atoms with E-state index in [4.69, 9.17) is 9.47 Å². The van der Waals surface area contributed by atoms with Gasteiger partial charge in [-0.2, -0.15) is 5.10 Å². The van der Waals surface area contributed by atoms with Crippen molar-refractivity contribution >= 4 is 17.8 Å². The van der Waals surface area contributed by atoms with E-state index < -0.39 is 0 Å². The van der Waals surface area contributed by atoms with Gasteiger partial charge in [0.1, 0.15) is 0 Å². The molecule has 9 heteroatoms. The molecule has 0 unspecified atom stereocenters. The molecule has 3 heterocycles. The molecular formula is C22H24N6O3. The van der Waals surface area contributed by atoms with E-state index in [2.05, 4.69) is 20.2 Å². The van der Waals surface area contributed by atoms with Gasteiger partial charge in [0, 0.05) is 44.6 Å². The summed E-state index contributed by atoms with van der Waals surface area (Å²) in [6.07, 6.45) is 6.90. The van der Waals surface area contributed by atoms with Crippen LogP contribution in [0.25, 0.3) is 11.9 Å². The second-order valence-corrected chi connectivity index (χ2v) is 6.96. The predicted molar refractivity (Wildman–Crippen MR) is 117 cm³/mol. The van der Waals surface area contributed by atoms with Gasteiger partial charge in [0.25, 0.3) is 0 Å². The predicted octanol–water partition coefficient (Wildman–Crippen LogP) is 2.04. The van der Waals surface area contributed by atoms with Crippen LogP contribution in [0.5, 0.6) is 11.5 Å². The highest BCUT2D eigenvalue weighted by molar-refractivity contribution is 5.92. The van der Waals surface area contributed by atoms with Crippen molar-refractivity contribution in [2.45, 2.75) is 0 Å². The van der Waals surface area contributed by atoms with Crippen LogP contribution < -0.4 is 14.4 Å². The molecule has 9 nitrogen and oxygen atoms in total. The number of hydrogen-bond acceptors (Lipinski definition) is 7. The summed E-state index contributed by atoms with van der Waals surface area (Å²) in [5.41, 5.74) is 0.872. The number of hydrogen-bond donors (Lipinski definition) is 0. The summed E-state index contributed by atoms with van der Waals surface area (Å²) in [5, 5.41) is 12.7. The van der Waals surface area contributed by atoms with Crippen LogP contribution in [0.2, 0.25) is 0 Å². The van der Waals surface area contributed by atoms with Crippen molar-refractivity contribution in [3.05, 3.63) is 60.4 Å². The Kier molecular flexibility index (Phi) is 6.11. The van der Waals surface area contributed by atoms with Crippen LogP contribution in [-0.4, -0.2) is 71.2 Å². The fourth-order valence-electron chi connectivity index (χ4n) is 3.40. The normalized spacial score (nSPS) is 14.1. The van der Waals surface area contributed by atoms with E-state index in [0.29, 0.717) is 43.5 Å². The Balaban J connectivity index is 1.33. The van der Waals surface area contributed by atoms with Gasteiger partial charge in [-0.15, -0.1) is 10.2 Å². The largest absolute Gasteiger partial charge is 0.493 e. The monoisotopic (exact) mass is 420 g/mol. The first-order valence-corrected chi connectivity index (χ1v) is 9.95. The molecule has 1 aromatic carbocycles. The van der Waals surface area contributed by atoms with E-state index in [9.17, 15) is 4.79 Å². The fraction of sp³-hybridized carbons (Fsp3) is 0.273. The molecule has 0 saturated carbocycles. The van der Waals surface area contributed by atoms with E-state index in [1.807, 2.05) is 47.5 Å². The zero-order chi connectivity index (χ0) is 21.6. The average molecular weight is 420 g/mol. The summed E-state index contributed by atoms with van der Waals surface area (Å²) in [6.45, 7) is 2.65. The lowest BCUT2D eigenvalue weighted by atomic mass is 10.2. The molecule has 4 rings (SSSR count). The third-order valence-electron chi connectivity index (χ3n) is 5.12. The van der Waals surface area contributed by atoms with Gasteiger partial charge >= 0.3 is 0 Å². The summed E-state index contributed by atoms with van der Waals surface area (Å²) in [6, 6.07) is 11.2. The lowest BCUT2D eigenvalue weighted by Crippen LogP contribution is -2.48. The van der Waals surface area contributed by atoms with Crippen molar-refractivity contribution in [2.24, 2.45) is 0 Å². The number of carbonyl (C=O) groups is 1. The Morgan fingerprint density at radius 2 is 1.71 bits per heavy atom. The van der Waals surface area contributed by atoms with Crippen LogP contribution in [0.4, 0.5) is 5.82 Å². The van der Waals surface area contributed by atoms with Gasteiger partial charge in [-0.25, -0.2) is 4.68 Å². The van der Waals surface area contributed by atoms with Crippen LogP contribution in [0.1, 0.15) is 5.56 Å². The molecule has 160 valence electrons. The Morgan fingerprint density at radius 1 is 0.968 bits per heavy atom. The third kappa shape index (κ3) is 4.66. The third-order valence-corrected chi connectivity index (χ3v) is 5.12. The van der Waals surface area contributed by atoms with Gasteiger partial charge in [0.2, 0.25) is 5.91 Å². The van der Waals surface area contributed by atoms with Crippen LogP contribution >= 0.6 is 0 Å². The molecule has 0 N–H and O–H groups in total. The van der Waals surface area contributed by atoms with Crippen molar-refractivity contribution < 1.29 is 14.3 Å². The van der Waals surface area contributed by atoms with E-state index in [0.717, 1.165) is 11.4 Å². The minimum atomic E-state index is -0.0189. The number of aromatic nitrogens is 4. The Bertz CT molecular complexity index is 1040. The maximum Gasteiger partial charge on any atom is 0.246 e. The molecule has 0 radical (unpaired) electrons. The summed E-state index contributed by atoms with van der Waals surface area (Å²) >= 11 is 0. The summed E-state index contributed by atoms with van der Waals surface area (Å²) < 4.78 is 12.2. The lowest BCUT2D eigenvalue weighted by molar-refractivity contribution is -0.126. The highest BCUT2D eigenvalue weighted by atomic mass is 16.5. The van der Waals surface area contributed by atoms with Crippen LogP contribution in [0, 0.1) is 0 Å². The van der Waals surface area contributed by atoms with E-state index in [-0.39, 0.29) is 5.91 Å². The van der Waals surface area contributed by atoms with Crippen molar-refractivity contribution in [3.8, 4) is 17.3 Å². The van der Waals surface area contributed by atoms with Crippen molar-refractivity contribution in [1.82, 2.24) is 24.9 Å².